The summed E-state index contributed by atoms with van der Waals surface area (Å²) >= 11 is 0. The zero-order valence-corrected chi connectivity index (χ0v) is 29.1. The lowest BCUT2D eigenvalue weighted by Crippen LogP contribution is -2.58. The molecule has 0 amide bonds. The van der Waals surface area contributed by atoms with E-state index in [0.717, 1.165) is 0 Å². The highest BCUT2D eigenvalue weighted by atomic mass is 15.0. The van der Waals surface area contributed by atoms with Gasteiger partial charge < -0.3 is 9.13 Å². The molecule has 0 fully saturated rings. The van der Waals surface area contributed by atoms with Gasteiger partial charge in [-0.15, -0.1) is 0 Å². The van der Waals surface area contributed by atoms with Crippen LogP contribution in [0.5, 0.6) is 0 Å². The Bertz CT molecular complexity index is 3400. The van der Waals surface area contributed by atoms with Gasteiger partial charge in [0.2, 0.25) is 13.4 Å². The van der Waals surface area contributed by atoms with Crippen LogP contribution < -0.4 is 32.8 Å². The maximum absolute atomic E-state index is 2.64. The first-order chi connectivity index (χ1) is 26.8. The van der Waals surface area contributed by atoms with Crippen molar-refractivity contribution in [3.63, 3.8) is 0 Å². The molecule has 0 bridgehead atoms. The van der Waals surface area contributed by atoms with Crippen LogP contribution in [-0.2, 0) is 0 Å². The fraction of sp³-hybridized carbons (Fsp3) is 0. The average Bonchev–Trinajstić information content (AvgIpc) is 3.96. The van der Waals surface area contributed by atoms with Gasteiger partial charge in [0, 0.05) is 44.0 Å². The van der Waals surface area contributed by atoms with Gasteiger partial charge >= 0.3 is 0 Å². The minimum Gasteiger partial charge on any atom is -0.310 e. The Labute approximate surface area is 310 Å². The van der Waals surface area contributed by atoms with E-state index in [1.54, 1.807) is 0 Å². The summed E-state index contributed by atoms with van der Waals surface area (Å²) in [5.41, 5.74) is 22.0. The van der Waals surface area contributed by atoms with Crippen molar-refractivity contribution in [3.8, 4) is 33.6 Å². The second-order valence-electron chi connectivity index (χ2n) is 15.9. The number of hydrogen-bond donors (Lipinski definition) is 0. The van der Waals surface area contributed by atoms with Gasteiger partial charge in [-0.3, -0.25) is 0 Å². The topological polar surface area (TPSA) is 9.86 Å². The van der Waals surface area contributed by atoms with Crippen LogP contribution in [0.15, 0.2) is 158 Å². The number of hydrogen-bond acceptors (Lipinski definition) is 0. The molecule has 2 aromatic heterocycles. The molecular weight excluding hydrogens is 650 g/mol. The van der Waals surface area contributed by atoms with Crippen LogP contribution in [0, 0.1) is 0 Å². The molecule has 11 aromatic rings. The molecule has 0 saturated carbocycles. The lowest BCUT2D eigenvalue weighted by molar-refractivity contribution is 1.15. The Kier molecular flexibility index (Phi) is 4.42. The molecular formula is C50H26B2N2. The van der Waals surface area contributed by atoms with Crippen LogP contribution >= 0.6 is 0 Å². The summed E-state index contributed by atoms with van der Waals surface area (Å²) in [4.78, 5) is 0. The second-order valence-corrected chi connectivity index (χ2v) is 15.9. The molecule has 0 spiro atoms. The van der Waals surface area contributed by atoms with Gasteiger partial charge in [0.05, 0.1) is 11.0 Å². The smallest absolute Gasteiger partial charge is 0.248 e. The maximum atomic E-state index is 2.64. The maximum Gasteiger partial charge on any atom is 0.248 e. The first kappa shape index (κ1) is 26.9. The number of nitrogens with zero attached hydrogens (tertiary/aromatic N) is 2. The Morgan fingerprint density at radius 2 is 0.796 bits per heavy atom. The predicted molar refractivity (Wildman–Crippen MR) is 230 cm³/mol. The third-order valence-corrected chi connectivity index (χ3v) is 13.7. The van der Waals surface area contributed by atoms with E-state index >= 15 is 0 Å². The SMILES string of the molecule is c1ccc2c(c1)B1c3cc4c(cc3-n3c5ccc6ccccc6c5c5ccc-2c1c53)-n1c2ccc3ccccc3c2c2ccc3c(c21)B4c1ccccc1-3. The fourth-order valence-electron chi connectivity index (χ4n) is 11.8. The zero-order chi connectivity index (χ0) is 34.6. The van der Waals surface area contributed by atoms with E-state index in [4.69, 9.17) is 0 Å². The Balaban J connectivity index is 1.17. The molecule has 4 heteroatoms. The van der Waals surface area contributed by atoms with Crippen LogP contribution in [0.4, 0.5) is 0 Å². The van der Waals surface area contributed by atoms with Crippen molar-refractivity contribution in [1.29, 1.82) is 0 Å². The molecule has 9 aromatic carbocycles. The fourth-order valence-corrected chi connectivity index (χ4v) is 11.8. The predicted octanol–water partition coefficient (Wildman–Crippen LogP) is 7.81. The molecule has 54 heavy (non-hydrogen) atoms. The molecule has 0 unspecified atom stereocenters. The van der Waals surface area contributed by atoms with Crippen molar-refractivity contribution in [1.82, 2.24) is 9.13 Å². The molecule has 4 aliphatic rings. The standard InChI is InChI=1S/C50H26B2N2/c1-3-11-29-27(9-1)17-23-41-45(29)35-21-19-33-31-13-5-7-15-37(31)51-39-25-40-44(26-43(39)53(41)49(35)47(33)51)54-42-24-18-28-10-2-4-12-30(28)46(42)36-22-20-34-32-14-6-8-16-38(32)52(40)48(34)50(36)54/h1-26H. The van der Waals surface area contributed by atoms with Gasteiger partial charge in [0.15, 0.2) is 0 Å². The normalized spacial score (nSPS) is 13.9. The van der Waals surface area contributed by atoms with Crippen LogP contribution in [0.1, 0.15) is 0 Å². The molecule has 242 valence electrons. The minimum atomic E-state index is 0.168. The van der Waals surface area contributed by atoms with Crippen molar-refractivity contribution >= 4 is 111 Å². The first-order valence-corrected chi connectivity index (χ1v) is 19.2. The Hall–Kier alpha value is -6.77. The largest absolute Gasteiger partial charge is 0.310 e. The van der Waals surface area contributed by atoms with Crippen LogP contribution in [-0.4, -0.2) is 22.6 Å². The van der Waals surface area contributed by atoms with E-state index in [1.807, 2.05) is 0 Å². The minimum absolute atomic E-state index is 0.168. The van der Waals surface area contributed by atoms with Crippen molar-refractivity contribution < 1.29 is 0 Å². The summed E-state index contributed by atoms with van der Waals surface area (Å²) < 4.78 is 5.28. The van der Waals surface area contributed by atoms with Gasteiger partial charge in [-0.05, 0) is 83.8 Å². The highest BCUT2D eigenvalue weighted by Gasteiger charge is 2.45. The number of rotatable bonds is 0. The van der Waals surface area contributed by atoms with Gasteiger partial charge in [0.25, 0.3) is 0 Å². The van der Waals surface area contributed by atoms with Crippen molar-refractivity contribution in [2.75, 3.05) is 0 Å². The van der Waals surface area contributed by atoms with Gasteiger partial charge in [0.1, 0.15) is 0 Å². The summed E-state index contributed by atoms with van der Waals surface area (Å²) in [6.45, 7) is 0.337. The van der Waals surface area contributed by atoms with E-state index in [-0.39, 0.29) is 13.4 Å². The first-order valence-electron chi connectivity index (χ1n) is 19.2. The van der Waals surface area contributed by atoms with E-state index in [0.29, 0.717) is 0 Å². The molecule has 0 radical (unpaired) electrons. The van der Waals surface area contributed by atoms with E-state index in [9.17, 15) is 0 Å². The lowest BCUT2D eigenvalue weighted by atomic mass is 9.34. The zero-order valence-electron chi connectivity index (χ0n) is 29.1. The number of fused-ring (bicyclic) bond motifs is 22. The van der Waals surface area contributed by atoms with E-state index in [2.05, 4.69) is 167 Å². The summed E-state index contributed by atoms with van der Waals surface area (Å²) in [6, 6.07) is 60.4. The van der Waals surface area contributed by atoms with Crippen LogP contribution in [0.2, 0.25) is 0 Å². The Morgan fingerprint density at radius 1 is 0.333 bits per heavy atom. The molecule has 0 N–H and O–H groups in total. The molecule has 2 nitrogen and oxygen atoms in total. The van der Waals surface area contributed by atoms with E-state index in [1.165, 1.54) is 132 Å². The summed E-state index contributed by atoms with van der Waals surface area (Å²) in [7, 11) is 0. The number of aromatic nitrogens is 2. The highest BCUT2D eigenvalue weighted by Crippen LogP contribution is 2.44. The number of benzene rings is 9. The quantitative estimate of drug-likeness (QED) is 0.145. The Morgan fingerprint density at radius 3 is 1.31 bits per heavy atom. The molecule has 0 aliphatic carbocycles. The third-order valence-electron chi connectivity index (χ3n) is 13.7. The van der Waals surface area contributed by atoms with E-state index < -0.39 is 0 Å². The molecule has 0 saturated heterocycles. The average molecular weight is 676 g/mol. The molecule has 0 atom stereocenters. The van der Waals surface area contributed by atoms with Crippen molar-refractivity contribution in [2.24, 2.45) is 0 Å². The van der Waals surface area contributed by atoms with Crippen molar-refractivity contribution in [2.45, 2.75) is 0 Å². The second kappa shape index (κ2) is 8.87. The molecule has 15 rings (SSSR count). The van der Waals surface area contributed by atoms with Gasteiger partial charge in [-0.1, -0.05) is 150 Å². The van der Waals surface area contributed by atoms with Gasteiger partial charge in [-0.25, -0.2) is 0 Å². The summed E-state index contributed by atoms with van der Waals surface area (Å²) in [5.74, 6) is 0. The third kappa shape index (κ3) is 2.82. The van der Waals surface area contributed by atoms with Crippen LogP contribution in [0.3, 0.4) is 0 Å². The lowest BCUT2D eigenvalue weighted by Gasteiger charge is -2.31. The van der Waals surface area contributed by atoms with Crippen LogP contribution in [0.25, 0.3) is 98.8 Å². The van der Waals surface area contributed by atoms with Crippen molar-refractivity contribution in [3.05, 3.63) is 158 Å². The summed E-state index contributed by atoms with van der Waals surface area (Å²) in [6.07, 6.45) is 0. The molecule has 6 heterocycles. The monoisotopic (exact) mass is 676 g/mol. The molecule has 4 aliphatic heterocycles. The van der Waals surface area contributed by atoms with Gasteiger partial charge in [-0.2, -0.15) is 0 Å². The highest BCUT2D eigenvalue weighted by molar-refractivity contribution is 7.04. The summed E-state index contributed by atoms with van der Waals surface area (Å²) in [5, 5.41) is 10.6.